The first-order valence-electron chi connectivity index (χ1n) is 5.38. The normalized spacial score (nSPS) is 18.5. The van der Waals surface area contributed by atoms with Crippen LogP contribution >= 0.6 is 0 Å². The van der Waals surface area contributed by atoms with Gasteiger partial charge in [0.25, 0.3) is 0 Å². The number of hydrogen-bond acceptors (Lipinski definition) is 4. The molecule has 1 saturated carbocycles. The third-order valence-electron chi connectivity index (χ3n) is 3.02. The standard InChI is InChI=1S/C11H17N3O/c1-7(15-2)11-13-9(6-10(12)14-11)8-4-3-5-8/h6-8H,3-5H2,1-2H3,(H2,12,13,14)/t7-/m1/s1. The molecule has 2 N–H and O–H groups in total. The minimum atomic E-state index is -0.0904. The van der Waals surface area contributed by atoms with Crippen molar-refractivity contribution in [3.63, 3.8) is 0 Å². The number of aromatic nitrogens is 2. The Bertz CT molecular complexity index is 327. The Morgan fingerprint density at radius 3 is 2.73 bits per heavy atom. The van der Waals surface area contributed by atoms with Crippen LogP contribution in [0.25, 0.3) is 0 Å². The van der Waals surface area contributed by atoms with E-state index in [1.54, 1.807) is 7.11 Å². The molecular weight excluding hydrogens is 190 g/mol. The molecule has 4 nitrogen and oxygen atoms in total. The molecule has 0 amide bonds. The zero-order valence-electron chi connectivity index (χ0n) is 9.23. The summed E-state index contributed by atoms with van der Waals surface area (Å²) in [5.74, 6) is 1.82. The van der Waals surface area contributed by atoms with E-state index < -0.39 is 0 Å². The predicted molar refractivity (Wildman–Crippen MR) is 58.5 cm³/mol. The number of rotatable bonds is 3. The summed E-state index contributed by atoms with van der Waals surface area (Å²) in [6.07, 6.45) is 3.64. The summed E-state index contributed by atoms with van der Waals surface area (Å²) in [4.78, 5) is 8.70. The molecule has 1 aromatic rings. The summed E-state index contributed by atoms with van der Waals surface area (Å²) >= 11 is 0. The van der Waals surface area contributed by atoms with Crippen LogP contribution in [0.2, 0.25) is 0 Å². The molecule has 15 heavy (non-hydrogen) atoms. The highest BCUT2D eigenvalue weighted by Gasteiger charge is 2.22. The zero-order chi connectivity index (χ0) is 10.8. The van der Waals surface area contributed by atoms with E-state index in [-0.39, 0.29) is 6.10 Å². The van der Waals surface area contributed by atoms with Gasteiger partial charge in [-0.15, -0.1) is 0 Å². The van der Waals surface area contributed by atoms with E-state index in [1.807, 2.05) is 13.0 Å². The van der Waals surface area contributed by atoms with Gasteiger partial charge in [-0.3, -0.25) is 0 Å². The fraction of sp³-hybridized carbons (Fsp3) is 0.636. The minimum Gasteiger partial charge on any atom is -0.384 e. The van der Waals surface area contributed by atoms with Crippen LogP contribution in [0.1, 0.15) is 49.7 Å². The number of methoxy groups -OCH3 is 1. The van der Waals surface area contributed by atoms with Crippen molar-refractivity contribution >= 4 is 5.82 Å². The molecular formula is C11H17N3O. The largest absolute Gasteiger partial charge is 0.384 e. The Hall–Kier alpha value is -1.16. The lowest BCUT2D eigenvalue weighted by Crippen LogP contribution is -2.14. The first-order valence-corrected chi connectivity index (χ1v) is 5.38. The van der Waals surface area contributed by atoms with Crippen LogP contribution in [0.4, 0.5) is 5.82 Å². The van der Waals surface area contributed by atoms with Crippen LogP contribution in [0.15, 0.2) is 6.07 Å². The second-order valence-electron chi connectivity index (χ2n) is 4.08. The molecule has 0 radical (unpaired) electrons. The second kappa shape index (κ2) is 4.14. The van der Waals surface area contributed by atoms with Gasteiger partial charge in [-0.25, -0.2) is 9.97 Å². The number of nitrogens with two attached hydrogens (primary N) is 1. The quantitative estimate of drug-likeness (QED) is 0.823. The smallest absolute Gasteiger partial charge is 0.159 e. The van der Waals surface area contributed by atoms with E-state index in [9.17, 15) is 0 Å². The molecule has 1 aliphatic rings. The maximum Gasteiger partial charge on any atom is 0.159 e. The Morgan fingerprint density at radius 2 is 2.20 bits per heavy atom. The highest BCUT2D eigenvalue weighted by Crippen LogP contribution is 2.36. The van der Waals surface area contributed by atoms with Gasteiger partial charge in [0.1, 0.15) is 11.9 Å². The van der Waals surface area contributed by atoms with Crippen molar-refractivity contribution in [2.24, 2.45) is 0 Å². The lowest BCUT2D eigenvalue weighted by Gasteiger charge is -2.25. The first kappa shape index (κ1) is 10.4. The molecule has 1 fully saturated rings. The molecule has 0 aliphatic heterocycles. The third kappa shape index (κ3) is 2.09. The van der Waals surface area contributed by atoms with Crippen LogP contribution in [0, 0.1) is 0 Å². The van der Waals surface area contributed by atoms with Gasteiger partial charge in [-0.2, -0.15) is 0 Å². The number of nitrogens with zero attached hydrogens (tertiary/aromatic N) is 2. The molecule has 0 saturated heterocycles. The molecule has 4 heteroatoms. The molecule has 2 rings (SSSR count). The van der Waals surface area contributed by atoms with Crippen molar-refractivity contribution in [3.8, 4) is 0 Å². The lowest BCUT2D eigenvalue weighted by molar-refractivity contribution is 0.111. The molecule has 1 atom stereocenters. The van der Waals surface area contributed by atoms with Crippen LogP contribution in [0.5, 0.6) is 0 Å². The van der Waals surface area contributed by atoms with Gasteiger partial charge >= 0.3 is 0 Å². The van der Waals surface area contributed by atoms with E-state index in [0.29, 0.717) is 17.6 Å². The molecule has 0 aromatic carbocycles. The van der Waals surface area contributed by atoms with Crippen molar-refractivity contribution in [3.05, 3.63) is 17.6 Å². The monoisotopic (exact) mass is 207 g/mol. The van der Waals surface area contributed by atoms with Gasteiger partial charge in [0.05, 0.1) is 0 Å². The summed E-state index contributed by atoms with van der Waals surface area (Å²) in [6, 6.07) is 1.88. The Labute approximate surface area is 89.9 Å². The van der Waals surface area contributed by atoms with Crippen molar-refractivity contribution in [2.75, 3.05) is 12.8 Å². The second-order valence-corrected chi connectivity index (χ2v) is 4.08. The van der Waals surface area contributed by atoms with E-state index in [4.69, 9.17) is 10.5 Å². The molecule has 1 aromatic heterocycles. The van der Waals surface area contributed by atoms with Crippen molar-refractivity contribution in [2.45, 2.75) is 38.2 Å². The molecule has 82 valence electrons. The van der Waals surface area contributed by atoms with Gasteiger partial charge in [0.2, 0.25) is 0 Å². The van der Waals surface area contributed by atoms with Crippen LogP contribution in [-0.2, 0) is 4.74 Å². The Morgan fingerprint density at radius 1 is 1.47 bits per heavy atom. The summed E-state index contributed by atoms with van der Waals surface area (Å²) in [7, 11) is 1.65. The fourth-order valence-corrected chi connectivity index (χ4v) is 1.71. The first-order chi connectivity index (χ1) is 7.20. The van der Waals surface area contributed by atoms with E-state index in [0.717, 1.165) is 5.69 Å². The highest BCUT2D eigenvalue weighted by molar-refractivity contribution is 5.32. The topological polar surface area (TPSA) is 61.0 Å². The third-order valence-corrected chi connectivity index (χ3v) is 3.02. The van der Waals surface area contributed by atoms with Gasteiger partial charge in [0.15, 0.2) is 5.82 Å². The van der Waals surface area contributed by atoms with Crippen molar-refractivity contribution < 1.29 is 4.74 Å². The van der Waals surface area contributed by atoms with Gasteiger partial charge in [0, 0.05) is 24.8 Å². The maximum absolute atomic E-state index is 5.76. The molecule has 0 spiro atoms. The van der Waals surface area contributed by atoms with E-state index >= 15 is 0 Å². The summed E-state index contributed by atoms with van der Waals surface area (Å²) in [5, 5.41) is 0. The van der Waals surface area contributed by atoms with E-state index in [2.05, 4.69) is 9.97 Å². The van der Waals surface area contributed by atoms with Crippen molar-refractivity contribution in [1.82, 2.24) is 9.97 Å². The Kier molecular flexibility index (Phi) is 2.86. The molecule has 1 heterocycles. The van der Waals surface area contributed by atoms with Crippen molar-refractivity contribution in [1.29, 1.82) is 0 Å². The van der Waals surface area contributed by atoms with Crippen LogP contribution in [-0.4, -0.2) is 17.1 Å². The zero-order valence-corrected chi connectivity index (χ0v) is 9.23. The SMILES string of the molecule is CO[C@H](C)c1nc(N)cc(C2CCC2)n1. The summed E-state index contributed by atoms with van der Waals surface area (Å²) < 4.78 is 5.20. The van der Waals surface area contributed by atoms with Gasteiger partial charge in [-0.05, 0) is 19.8 Å². The average molecular weight is 207 g/mol. The molecule has 0 unspecified atom stereocenters. The lowest BCUT2D eigenvalue weighted by atomic mass is 9.83. The number of ether oxygens (including phenoxy) is 1. The fourth-order valence-electron chi connectivity index (χ4n) is 1.71. The predicted octanol–water partition coefficient (Wildman–Crippen LogP) is 2.03. The maximum atomic E-state index is 5.76. The number of nitrogen functional groups attached to an aromatic ring is 1. The molecule has 1 aliphatic carbocycles. The highest BCUT2D eigenvalue weighted by atomic mass is 16.5. The molecule has 0 bridgehead atoms. The summed E-state index contributed by atoms with van der Waals surface area (Å²) in [5.41, 5.74) is 6.84. The summed E-state index contributed by atoms with van der Waals surface area (Å²) in [6.45, 7) is 1.93. The number of hydrogen-bond donors (Lipinski definition) is 1. The van der Waals surface area contributed by atoms with Crippen LogP contribution in [0.3, 0.4) is 0 Å². The average Bonchev–Trinajstić information content (AvgIpc) is 2.13. The number of anilines is 1. The van der Waals surface area contributed by atoms with Gasteiger partial charge < -0.3 is 10.5 Å². The van der Waals surface area contributed by atoms with E-state index in [1.165, 1.54) is 19.3 Å². The van der Waals surface area contributed by atoms with Crippen LogP contribution < -0.4 is 5.73 Å². The Balaban J connectivity index is 2.27. The van der Waals surface area contributed by atoms with Gasteiger partial charge in [-0.1, -0.05) is 6.42 Å². The minimum absolute atomic E-state index is 0.0904.